The third kappa shape index (κ3) is 8.18. The van der Waals surface area contributed by atoms with E-state index < -0.39 is 0 Å². The first kappa shape index (κ1) is 25.2. The lowest BCUT2D eigenvalue weighted by Gasteiger charge is -2.12. The maximum atomic E-state index is 6.42. The van der Waals surface area contributed by atoms with Crippen LogP contribution in [0.15, 0.2) is 60.0 Å². The van der Waals surface area contributed by atoms with E-state index in [2.05, 4.69) is 25.8 Å². The van der Waals surface area contributed by atoms with Gasteiger partial charge >= 0.3 is 0 Å². The Morgan fingerprint density at radius 1 is 1.09 bits per heavy atom. The Bertz CT molecular complexity index is 1050. The molecule has 0 unspecified atom stereocenters. The van der Waals surface area contributed by atoms with Crippen LogP contribution in [0.2, 0.25) is 5.02 Å². The van der Waals surface area contributed by atoms with E-state index in [0.29, 0.717) is 47.7 Å². The van der Waals surface area contributed by atoms with Crippen molar-refractivity contribution >= 4 is 35.1 Å². The zero-order chi connectivity index (χ0) is 24.0. The summed E-state index contributed by atoms with van der Waals surface area (Å²) in [5.74, 6) is 1.35. The van der Waals surface area contributed by atoms with Gasteiger partial charge in [-0.1, -0.05) is 47.1 Å². The van der Waals surface area contributed by atoms with Crippen molar-refractivity contribution in [1.82, 2.24) is 15.3 Å². The predicted molar refractivity (Wildman–Crippen MR) is 135 cm³/mol. The highest BCUT2D eigenvalue weighted by Crippen LogP contribution is 2.30. The van der Waals surface area contributed by atoms with Gasteiger partial charge in [-0.05, 0) is 36.7 Å². The van der Waals surface area contributed by atoms with Crippen molar-refractivity contribution < 1.29 is 14.3 Å². The van der Waals surface area contributed by atoms with E-state index in [1.807, 2.05) is 36.4 Å². The maximum Gasteiger partial charge on any atom is 0.144 e. The highest BCUT2D eigenvalue weighted by molar-refractivity contribution is 6.32. The molecule has 0 atom stereocenters. The van der Waals surface area contributed by atoms with Crippen LogP contribution < -0.4 is 21.1 Å². The lowest BCUT2D eigenvalue weighted by atomic mass is 10.2. The van der Waals surface area contributed by atoms with Crippen molar-refractivity contribution in [2.45, 2.75) is 13.0 Å². The number of methoxy groups -OCH3 is 1. The average molecular weight is 485 g/mol. The summed E-state index contributed by atoms with van der Waals surface area (Å²) in [6, 6.07) is 15.3. The molecule has 10 heteroatoms. The minimum atomic E-state index is 0.278. The number of aromatic nitrogens is 2. The number of nitrogens with one attached hydrogen (secondary N) is 2. The van der Waals surface area contributed by atoms with Crippen molar-refractivity contribution in [2.75, 3.05) is 44.5 Å². The SMILES string of the molecule is COCCNCCCON=Cc1c(N)ncnc1Nc1ccc(OCc2ccccc2)c(Cl)c1. The lowest BCUT2D eigenvalue weighted by Crippen LogP contribution is -2.21. The Labute approximate surface area is 204 Å². The maximum absolute atomic E-state index is 6.42. The molecular weight excluding hydrogens is 456 g/mol. The summed E-state index contributed by atoms with van der Waals surface area (Å²) in [6.07, 6.45) is 3.68. The molecule has 0 amide bonds. The number of hydrogen-bond acceptors (Lipinski definition) is 9. The standard InChI is InChI=1S/C24H29ClN6O3/c1-32-13-11-27-10-5-12-34-30-15-20-23(26)28-17-29-24(20)31-19-8-9-22(21(25)14-19)33-16-18-6-3-2-4-7-18/h2-4,6-9,14-15,17,27H,5,10-13,16H2,1H3,(H3,26,28,29,31). The molecule has 4 N–H and O–H groups in total. The summed E-state index contributed by atoms with van der Waals surface area (Å²) in [5.41, 5.74) is 8.32. The van der Waals surface area contributed by atoms with E-state index in [4.69, 9.17) is 31.6 Å². The molecule has 0 fully saturated rings. The molecule has 0 aliphatic carbocycles. The van der Waals surface area contributed by atoms with Gasteiger partial charge in [-0.3, -0.25) is 0 Å². The van der Waals surface area contributed by atoms with Crippen molar-refractivity contribution in [1.29, 1.82) is 0 Å². The molecule has 1 aromatic heterocycles. The third-order valence-electron chi connectivity index (χ3n) is 4.67. The monoisotopic (exact) mass is 484 g/mol. The van der Waals surface area contributed by atoms with Gasteiger partial charge in [0, 0.05) is 19.3 Å². The summed E-state index contributed by atoms with van der Waals surface area (Å²) in [5, 5.41) is 10.9. The number of hydrogen-bond donors (Lipinski definition) is 3. The second-order valence-electron chi connectivity index (χ2n) is 7.23. The van der Waals surface area contributed by atoms with E-state index in [1.54, 1.807) is 19.2 Å². The van der Waals surface area contributed by atoms with Gasteiger partial charge in [0.1, 0.15) is 36.9 Å². The van der Waals surface area contributed by atoms with Crippen molar-refractivity contribution in [3.8, 4) is 5.75 Å². The molecular formula is C24H29ClN6O3. The number of oxime groups is 1. The Balaban J connectivity index is 1.56. The number of nitrogen functional groups attached to an aromatic ring is 1. The summed E-state index contributed by atoms with van der Waals surface area (Å²) < 4.78 is 10.8. The molecule has 2 aromatic carbocycles. The zero-order valence-electron chi connectivity index (χ0n) is 19.0. The fourth-order valence-electron chi connectivity index (χ4n) is 2.91. The smallest absolute Gasteiger partial charge is 0.144 e. The Kier molecular flexibility index (Phi) is 10.4. The van der Waals surface area contributed by atoms with Crippen LogP contribution in [-0.4, -0.2) is 49.6 Å². The zero-order valence-corrected chi connectivity index (χ0v) is 19.8. The molecule has 180 valence electrons. The predicted octanol–water partition coefficient (Wildman–Crippen LogP) is 4.01. The molecule has 3 rings (SSSR count). The van der Waals surface area contributed by atoms with Gasteiger partial charge in [0.2, 0.25) is 0 Å². The second kappa shape index (κ2) is 14.0. The quantitative estimate of drug-likeness (QED) is 0.178. The number of halogens is 1. The van der Waals surface area contributed by atoms with Crippen LogP contribution in [0.4, 0.5) is 17.3 Å². The Hall–Kier alpha value is -3.40. The highest BCUT2D eigenvalue weighted by Gasteiger charge is 2.10. The highest BCUT2D eigenvalue weighted by atomic mass is 35.5. The first-order chi connectivity index (χ1) is 16.7. The first-order valence-corrected chi connectivity index (χ1v) is 11.2. The third-order valence-corrected chi connectivity index (χ3v) is 4.97. The average Bonchev–Trinajstić information content (AvgIpc) is 2.84. The number of anilines is 3. The fraction of sp³-hybridized carbons (Fsp3) is 0.292. The van der Waals surface area contributed by atoms with E-state index in [-0.39, 0.29) is 5.82 Å². The van der Waals surface area contributed by atoms with Gasteiger partial charge < -0.3 is 30.7 Å². The molecule has 0 saturated carbocycles. The summed E-state index contributed by atoms with van der Waals surface area (Å²) in [4.78, 5) is 13.6. The largest absolute Gasteiger partial charge is 0.487 e. The molecule has 0 aliphatic heterocycles. The van der Waals surface area contributed by atoms with Gasteiger partial charge in [-0.2, -0.15) is 0 Å². The van der Waals surface area contributed by atoms with E-state index >= 15 is 0 Å². The Morgan fingerprint density at radius 2 is 1.94 bits per heavy atom. The van der Waals surface area contributed by atoms with Gasteiger partial charge in [0.05, 0.1) is 23.4 Å². The molecule has 34 heavy (non-hydrogen) atoms. The molecule has 3 aromatic rings. The minimum Gasteiger partial charge on any atom is -0.487 e. The molecule has 0 saturated heterocycles. The fourth-order valence-corrected chi connectivity index (χ4v) is 3.14. The number of ether oxygens (including phenoxy) is 2. The van der Waals surface area contributed by atoms with Crippen LogP contribution in [0, 0.1) is 0 Å². The van der Waals surface area contributed by atoms with Crippen LogP contribution in [0.5, 0.6) is 5.75 Å². The van der Waals surface area contributed by atoms with Crippen LogP contribution >= 0.6 is 11.6 Å². The topological polar surface area (TPSA) is 116 Å². The number of nitrogens with two attached hydrogens (primary N) is 1. The summed E-state index contributed by atoms with van der Waals surface area (Å²) in [7, 11) is 1.67. The van der Waals surface area contributed by atoms with Gasteiger partial charge in [-0.25, -0.2) is 9.97 Å². The van der Waals surface area contributed by atoms with Gasteiger partial charge in [-0.15, -0.1) is 0 Å². The van der Waals surface area contributed by atoms with Crippen LogP contribution in [0.25, 0.3) is 0 Å². The molecule has 9 nitrogen and oxygen atoms in total. The van der Waals surface area contributed by atoms with Crippen molar-refractivity contribution in [3.63, 3.8) is 0 Å². The summed E-state index contributed by atoms with van der Waals surface area (Å²) in [6.45, 7) is 3.19. The van der Waals surface area contributed by atoms with Crippen LogP contribution in [-0.2, 0) is 16.2 Å². The number of benzene rings is 2. The van der Waals surface area contributed by atoms with E-state index in [9.17, 15) is 0 Å². The molecule has 1 heterocycles. The lowest BCUT2D eigenvalue weighted by molar-refractivity contribution is 0.141. The Morgan fingerprint density at radius 3 is 2.74 bits per heavy atom. The molecule has 0 aliphatic rings. The van der Waals surface area contributed by atoms with Crippen LogP contribution in [0.1, 0.15) is 17.5 Å². The minimum absolute atomic E-state index is 0.278. The molecule has 0 spiro atoms. The second-order valence-corrected chi connectivity index (χ2v) is 7.64. The number of rotatable bonds is 14. The number of nitrogens with zero attached hydrogens (tertiary/aromatic N) is 3. The van der Waals surface area contributed by atoms with Crippen LogP contribution in [0.3, 0.4) is 0 Å². The molecule has 0 bridgehead atoms. The van der Waals surface area contributed by atoms with E-state index in [1.165, 1.54) is 12.5 Å². The summed E-state index contributed by atoms with van der Waals surface area (Å²) >= 11 is 6.42. The van der Waals surface area contributed by atoms with Gasteiger partial charge in [0.25, 0.3) is 0 Å². The molecule has 0 radical (unpaired) electrons. The van der Waals surface area contributed by atoms with E-state index in [0.717, 1.165) is 25.1 Å². The van der Waals surface area contributed by atoms with Gasteiger partial charge in [0.15, 0.2) is 0 Å². The van der Waals surface area contributed by atoms with Crippen molar-refractivity contribution in [3.05, 3.63) is 71.0 Å². The normalized spacial score (nSPS) is 11.0. The first-order valence-electron chi connectivity index (χ1n) is 10.9. The van der Waals surface area contributed by atoms with Crippen molar-refractivity contribution in [2.24, 2.45) is 5.16 Å².